The molecule has 2 heterocycles. The predicted molar refractivity (Wildman–Crippen MR) is 95.9 cm³/mol. The highest BCUT2D eigenvalue weighted by Gasteiger charge is 2.29. The number of sulfonamides is 1. The zero-order valence-corrected chi connectivity index (χ0v) is 15.2. The number of piperidine rings is 1. The average molecular weight is 377 g/mol. The summed E-state index contributed by atoms with van der Waals surface area (Å²) in [5, 5.41) is 2.60. The number of amides is 1. The first-order valence-corrected chi connectivity index (χ1v) is 9.85. The van der Waals surface area contributed by atoms with E-state index in [1.807, 2.05) is 6.92 Å². The Kier molecular flexibility index (Phi) is 5.33. The van der Waals surface area contributed by atoms with Gasteiger partial charge in [0.2, 0.25) is 10.0 Å². The van der Waals surface area contributed by atoms with Gasteiger partial charge in [-0.15, -0.1) is 0 Å². The summed E-state index contributed by atoms with van der Waals surface area (Å²) in [6.45, 7) is 2.59. The molecule has 1 aliphatic heterocycles. The van der Waals surface area contributed by atoms with E-state index in [9.17, 15) is 17.6 Å². The molecular formula is C18H20FN3O3S. The summed E-state index contributed by atoms with van der Waals surface area (Å²) in [6, 6.07) is 6.83. The van der Waals surface area contributed by atoms with Crippen molar-refractivity contribution >= 4 is 21.7 Å². The molecule has 1 aromatic carbocycles. The van der Waals surface area contributed by atoms with E-state index in [0.29, 0.717) is 18.9 Å². The molecule has 0 atom stereocenters. The van der Waals surface area contributed by atoms with Gasteiger partial charge in [-0.25, -0.2) is 17.8 Å². The van der Waals surface area contributed by atoms with Crippen molar-refractivity contribution in [1.82, 2.24) is 9.29 Å². The molecule has 1 aromatic heterocycles. The van der Waals surface area contributed by atoms with Crippen LogP contribution < -0.4 is 5.32 Å². The lowest BCUT2D eigenvalue weighted by Gasteiger charge is -2.26. The van der Waals surface area contributed by atoms with Crippen LogP contribution in [-0.2, 0) is 10.0 Å². The Balaban J connectivity index is 1.88. The molecule has 26 heavy (non-hydrogen) atoms. The molecule has 3 rings (SSSR count). The van der Waals surface area contributed by atoms with E-state index in [1.54, 1.807) is 18.3 Å². The number of nitrogens with one attached hydrogen (secondary N) is 1. The third kappa shape index (κ3) is 3.91. The maximum Gasteiger partial charge on any atom is 0.256 e. The van der Waals surface area contributed by atoms with Crippen molar-refractivity contribution in [2.75, 3.05) is 18.4 Å². The monoisotopic (exact) mass is 377 g/mol. The smallest absolute Gasteiger partial charge is 0.256 e. The zero-order chi connectivity index (χ0) is 18.7. The second kappa shape index (κ2) is 7.51. The lowest BCUT2D eigenvalue weighted by molar-refractivity contribution is 0.102. The molecule has 0 spiro atoms. The zero-order valence-electron chi connectivity index (χ0n) is 14.4. The quantitative estimate of drug-likeness (QED) is 0.888. The number of hydrogen-bond donors (Lipinski definition) is 1. The number of halogens is 1. The van der Waals surface area contributed by atoms with Gasteiger partial charge in [0, 0.05) is 24.8 Å². The third-order valence-corrected chi connectivity index (χ3v) is 6.20. The first kappa shape index (κ1) is 18.5. The molecule has 6 nitrogen and oxygen atoms in total. The fraction of sp³-hybridized carbons (Fsp3) is 0.333. The Hall–Kier alpha value is -2.32. The standard InChI is InChI=1S/C18H20FN3O3S/c1-13-7-8-20-17(11-13)21-18(23)14-5-6-15(19)16(12-14)26(24,25)22-9-3-2-4-10-22/h5-8,11-12H,2-4,9-10H2,1H3,(H,20,21,23). The molecule has 1 saturated heterocycles. The van der Waals surface area contributed by atoms with Crippen molar-refractivity contribution in [3.05, 3.63) is 53.5 Å². The molecule has 0 bridgehead atoms. The van der Waals surface area contributed by atoms with Crippen LogP contribution in [0.15, 0.2) is 41.4 Å². The Morgan fingerprint density at radius 3 is 2.58 bits per heavy atom. The molecule has 0 radical (unpaired) electrons. The average Bonchev–Trinajstić information content (AvgIpc) is 2.62. The Bertz CT molecular complexity index is 925. The molecule has 138 valence electrons. The summed E-state index contributed by atoms with van der Waals surface area (Å²) in [6.07, 6.45) is 4.02. The predicted octanol–water partition coefficient (Wildman–Crippen LogP) is 2.96. The van der Waals surface area contributed by atoms with Crippen molar-refractivity contribution in [2.24, 2.45) is 0 Å². The van der Waals surface area contributed by atoms with E-state index < -0.39 is 26.6 Å². The number of carbonyl (C=O) groups is 1. The highest BCUT2D eigenvalue weighted by atomic mass is 32.2. The number of hydrogen-bond acceptors (Lipinski definition) is 4. The largest absolute Gasteiger partial charge is 0.307 e. The van der Waals surface area contributed by atoms with Gasteiger partial charge in [-0.2, -0.15) is 4.31 Å². The minimum atomic E-state index is -3.97. The lowest BCUT2D eigenvalue weighted by Crippen LogP contribution is -2.36. The summed E-state index contributed by atoms with van der Waals surface area (Å²) in [7, 11) is -3.97. The summed E-state index contributed by atoms with van der Waals surface area (Å²) in [5.74, 6) is -1.06. The Morgan fingerprint density at radius 1 is 1.15 bits per heavy atom. The van der Waals surface area contributed by atoms with Crippen LogP contribution >= 0.6 is 0 Å². The summed E-state index contributed by atoms with van der Waals surface area (Å²) in [4.78, 5) is 16.0. The van der Waals surface area contributed by atoms with Gasteiger partial charge in [0.05, 0.1) is 0 Å². The van der Waals surface area contributed by atoms with Crippen LogP contribution in [0.2, 0.25) is 0 Å². The van der Waals surface area contributed by atoms with Gasteiger partial charge < -0.3 is 5.32 Å². The summed E-state index contributed by atoms with van der Waals surface area (Å²) in [5.41, 5.74) is 0.980. The van der Waals surface area contributed by atoms with Gasteiger partial charge in [-0.05, 0) is 55.7 Å². The topological polar surface area (TPSA) is 79.4 Å². The maximum absolute atomic E-state index is 14.2. The van der Waals surface area contributed by atoms with Gasteiger partial charge in [0.25, 0.3) is 5.91 Å². The molecule has 1 fully saturated rings. The Morgan fingerprint density at radius 2 is 1.88 bits per heavy atom. The fourth-order valence-electron chi connectivity index (χ4n) is 2.88. The van der Waals surface area contributed by atoms with Crippen LogP contribution in [0.25, 0.3) is 0 Å². The van der Waals surface area contributed by atoms with Gasteiger partial charge in [-0.3, -0.25) is 4.79 Å². The minimum absolute atomic E-state index is 0.0605. The lowest BCUT2D eigenvalue weighted by atomic mass is 10.2. The van der Waals surface area contributed by atoms with Crippen LogP contribution in [0, 0.1) is 12.7 Å². The molecule has 1 aliphatic rings. The van der Waals surface area contributed by atoms with Gasteiger partial charge >= 0.3 is 0 Å². The molecular weight excluding hydrogens is 357 g/mol. The van der Waals surface area contributed by atoms with E-state index >= 15 is 0 Å². The van der Waals surface area contributed by atoms with Crippen molar-refractivity contribution in [1.29, 1.82) is 0 Å². The Labute approximate surface area is 152 Å². The number of pyridine rings is 1. The van der Waals surface area contributed by atoms with Gasteiger partial charge in [0.1, 0.15) is 16.5 Å². The number of rotatable bonds is 4. The normalized spacial score (nSPS) is 15.6. The molecule has 0 aliphatic carbocycles. The SMILES string of the molecule is Cc1ccnc(NC(=O)c2ccc(F)c(S(=O)(=O)N3CCCCC3)c2)c1. The van der Waals surface area contributed by atoms with E-state index in [2.05, 4.69) is 10.3 Å². The summed E-state index contributed by atoms with van der Waals surface area (Å²) >= 11 is 0. The summed E-state index contributed by atoms with van der Waals surface area (Å²) < 4.78 is 40.9. The highest BCUT2D eigenvalue weighted by Crippen LogP contribution is 2.24. The van der Waals surface area contributed by atoms with Crippen molar-refractivity contribution in [3.8, 4) is 0 Å². The van der Waals surface area contributed by atoms with Gasteiger partial charge in [0.15, 0.2) is 0 Å². The number of aryl methyl sites for hydroxylation is 1. The molecule has 0 unspecified atom stereocenters. The van der Waals surface area contributed by atoms with Crippen LogP contribution in [0.1, 0.15) is 35.2 Å². The molecule has 0 saturated carbocycles. The van der Waals surface area contributed by atoms with Gasteiger partial charge in [-0.1, -0.05) is 6.42 Å². The van der Waals surface area contributed by atoms with E-state index in [-0.39, 0.29) is 5.56 Å². The van der Waals surface area contributed by atoms with Crippen LogP contribution in [0.5, 0.6) is 0 Å². The number of carbonyl (C=O) groups excluding carboxylic acids is 1. The second-order valence-corrected chi connectivity index (χ2v) is 8.19. The molecule has 8 heteroatoms. The number of benzene rings is 1. The highest BCUT2D eigenvalue weighted by molar-refractivity contribution is 7.89. The van der Waals surface area contributed by atoms with E-state index in [4.69, 9.17) is 0 Å². The van der Waals surface area contributed by atoms with Crippen LogP contribution in [0.4, 0.5) is 10.2 Å². The number of anilines is 1. The minimum Gasteiger partial charge on any atom is -0.307 e. The third-order valence-electron chi connectivity index (χ3n) is 4.28. The van der Waals surface area contributed by atoms with Crippen LogP contribution in [-0.4, -0.2) is 36.7 Å². The van der Waals surface area contributed by atoms with E-state index in [0.717, 1.165) is 37.0 Å². The molecule has 1 amide bonds. The maximum atomic E-state index is 14.2. The first-order chi connectivity index (χ1) is 12.4. The first-order valence-electron chi connectivity index (χ1n) is 8.41. The fourth-order valence-corrected chi connectivity index (χ4v) is 4.49. The molecule has 2 aromatic rings. The van der Waals surface area contributed by atoms with Crippen molar-refractivity contribution < 1.29 is 17.6 Å². The molecule has 1 N–H and O–H groups in total. The number of aromatic nitrogens is 1. The van der Waals surface area contributed by atoms with E-state index in [1.165, 1.54) is 10.4 Å². The van der Waals surface area contributed by atoms with Crippen molar-refractivity contribution in [3.63, 3.8) is 0 Å². The number of nitrogens with zero attached hydrogens (tertiary/aromatic N) is 2. The van der Waals surface area contributed by atoms with Crippen molar-refractivity contribution in [2.45, 2.75) is 31.1 Å². The second-order valence-electron chi connectivity index (χ2n) is 6.28. The van der Waals surface area contributed by atoms with Crippen LogP contribution in [0.3, 0.4) is 0 Å².